The Bertz CT molecular complexity index is 869. The van der Waals surface area contributed by atoms with Gasteiger partial charge in [-0.1, -0.05) is 31.0 Å². The molecule has 2 aliphatic heterocycles. The Morgan fingerprint density at radius 3 is 2.68 bits per heavy atom. The number of hydrogen-bond donors (Lipinski definition) is 2. The van der Waals surface area contributed by atoms with Crippen LogP contribution in [0.15, 0.2) is 24.3 Å². The van der Waals surface area contributed by atoms with Crippen LogP contribution < -0.4 is 10.6 Å². The highest BCUT2D eigenvalue weighted by atomic mass is 32.2. The Balaban J connectivity index is 1.52. The molecule has 6 nitrogen and oxygen atoms in total. The summed E-state index contributed by atoms with van der Waals surface area (Å²) in [6.45, 7) is 4.01. The number of thioether (sulfide) groups is 2. The second-order valence-corrected chi connectivity index (χ2v) is 11.8. The lowest BCUT2D eigenvalue weighted by Crippen LogP contribution is -2.57. The molecule has 1 saturated carbocycles. The second-order valence-electron chi connectivity index (χ2n) is 9.11. The van der Waals surface area contributed by atoms with Gasteiger partial charge >= 0.3 is 0 Å². The molecule has 8 heteroatoms. The van der Waals surface area contributed by atoms with E-state index in [0.29, 0.717) is 12.0 Å². The number of amides is 3. The Morgan fingerprint density at radius 2 is 1.97 bits per heavy atom. The van der Waals surface area contributed by atoms with E-state index in [1.807, 2.05) is 44.4 Å². The number of rotatable bonds is 7. The van der Waals surface area contributed by atoms with E-state index in [0.717, 1.165) is 37.0 Å². The molecule has 2 fully saturated rings. The van der Waals surface area contributed by atoms with Gasteiger partial charge in [-0.05, 0) is 56.7 Å². The van der Waals surface area contributed by atoms with Crippen LogP contribution >= 0.6 is 23.5 Å². The van der Waals surface area contributed by atoms with Crippen molar-refractivity contribution in [1.29, 1.82) is 0 Å². The fourth-order valence-corrected chi connectivity index (χ4v) is 6.99. The van der Waals surface area contributed by atoms with Crippen molar-refractivity contribution in [1.82, 2.24) is 15.5 Å². The molecule has 4 rings (SSSR count). The molecule has 0 bridgehead atoms. The van der Waals surface area contributed by atoms with E-state index in [9.17, 15) is 14.4 Å². The predicted octanol–water partition coefficient (Wildman–Crippen LogP) is 3.33. The molecule has 0 spiro atoms. The third kappa shape index (κ3) is 4.33. The summed E-state index contributed by atoms with van der Waals surface area (Å²) in [6.07, 6.45) is 6.85. The van der Waals surface area contributed by atoms with Gasteiger partial charge in [-0.15, -0.1) is 11.8 Å². The second kappa shape index (κ2) is 9.06. The van der Waals surface area contributed by atoms with Crippen LogP contribution in [-0.2, 0) is 9.59 Å². The van der Waals surface area contributed by atoms with Crippen LogP contribution in [0.5, 0.6) is 0 Å². The predicted molar refractivity (Wildman–Crippen MR) is 126 cm³/mol. The first-order valence-electron chi connectivity index (χ1n) is 11.0. The van der Waals surface area contributed by atoms with E-state index >= 15 is 0 Å². The van der Waals surface area contributed by atoms with Crippen molar-refractivity contribution in [2.75, 3.05) is 12.0 Å². The average Bonchev–Trinajstić information content (AvgIpc) is 3.41. The number of hydrogen-bond acceptors (Lipinski definition) is 5. The highest BCUT2D eigenvalue weighted by Gasteiger charge is 2.57. The summed E-state index contributed by atoms with van der Waals surface area (Å²) in [5.41, 5.74) is 1.64. The van der Waals surface area contributed by atoms with E-state index < -0.39 is 16.8 Å². The maximum absolute atomic E-state index is 13.5. The average molecular weight is 462 g/mol. The van der Waals surface area contributed by atoms with E-state index in [1.165, 1.54) is 0 Å². The molecule has 1 aliphatic carbocycles. The van der Waals surface area contributed by atoms with Crippen LogP contribution in [0.3, 0.4) is 0 Å². The number of carbonyl (C=O) groups excluding carboxylic acids is 3. The van der Waals surface area contributed by atoms with Crippen LogP contribution in [-0.4, -0.2) is 57.5 Å². The lowest BCUT2D eigenvalue weighted by molar-refractivity contribution is -0.132. The third-order valence-corrected chi connectivity index (χ3v) is 8.67. The summed E-state index contributed by atoms with van der Waals surface area (Å²) in [5.74, 6) is 0.330. The molecule has 1 saturated heterocycles. The zero-order valence-electron chi connectivity index (χ0n) is 18.3. The first-order valence-corrected chi connectivity index (χ1v) is 13.3. The van der Waals surface area contributed by atoms with Crippen molar-refractivity contribution in [2.45, 2.75) is 74.2 Å². The van der Waals surface area contributed by atoms with Crippen molar-refractivity contribution in [3.63, 3.8) is 0 Å². The number of nitrogens with zero attached hydrogens (tertiary/aromatic N) is 1. The Labute approximate surface area is 192 Å². The van der Waals surface area contributed by atoms with E-state index in [-0.39, 0.29) is 29.1 Å². The van der Waals surface area contributed by atoms with Crippen LogP contribution in [0.2, 0.25) is 0 Å². The summed E-state index contributed by atoms with van der Waals surface area (Å²) >= 11 is 3.30. The van der Waals surface area contributed by atoms with Gasteiger partial charge in [0.05, 0.1) is 0 Å². The van der Waals surface area contributed by atoms with Gasteiger partial charge in [0, 0.05) is 16.4 Å². The van der Waals surface area contributed by atoms with Crippen LogP contribution in [0.25, 0.3) is 0 Å². The number of fused-ring (bicyclic) bond motifs is 3. The van der Waals surface area contributed by atoms with E-state index in [4.69, 9.17) is 0 Å². The molecule has 0 radical (unpaired) electrons. The molecular weight excluding hydrogens is 430 g/mol. The first-order chi connectivity index (χ1) is 14.8. The quantitative estimate of drug-likeness (QED) is 0.651. The Hall–Kier alpha value is -1.67. The van der Waals surface area contributed by atoms with Crippen molar-refractivity contribution in [3.05, 3.63) is 35.4 Å². The maximum atomic E-state index is 13.5. The van der Waals surface area contributed by atoms with Gasteiger partial charge < -0.3 is 15.5 Å². The fourth-order valence-electron chi connectivity index (χ4n) is 4.93. The molecular formula is C23H31N3O3S2. The molecule has 3 atom stereocenters. The minimum Gasteiger partial charge on any atom is -0.352 e. The van der Waals surface area contributed by atoms with Gasteiger partial charge in [-0.3, -0.25) is 14.4 Å². The monoisotopic (exact) mass is 461 g/mol. The van der Waals surface area contributed by atoms with Gasteiger partial charge in [0.15, 0.2) is 0 Å². The molecule has 3 aliphatic rings. The number of benzene rings is 1. The normalized spacial score (nSPS) is 25.3. The van der Waals surface area contributed by atoms with E-state index in [1.54, 1.807) is 28.4 Å². The summed E-state index contributed by atoms with van der Waals surface area (Å²) in [6, 6.07) is 6.59. The molecule has 0 unspecified atom stereocenters. The van der Waals surface area contributed by atoms with Crippen molar-refractivity contribution >= 4 is 41.2 Å². The van der Waals surface area contributed by atoms with Crippen LogP contribution in [0.4, 0.5) is 0 Å². The molecule has 0 aromatic heterocycles. The molecule has 2 heterocycles. The summed E-state index contributed by atoms with van der Waals surface area (Å²) in [4.78, 5) is 41.3. The van der Waals surface area contributed by atoms with Crippen LogP contribution in [0, 0.1) is 0 Å². The summed E-state index contributed by atoms with van der Waals surface area (Å²) in [5, 5.41) is 5.98. The van der Waals surface area contributed by atoms with E-state index in [2.05, 4.69) is 10.6 Å². The largest absolute Gasteiger partial charge is 0.352 e. The summed E-state index contributed by atoms with van der Waals surface area (Å²) < 4.78 is -0.454. The van der Waals surface area contributed by atoms with Crippen molar-refractivity contribution in [3.8, 4) is 0 Å². The maximum Gasteiger partial charge on any atom is 0.256 e. The Kier molecular flexibility index (Phi) is 6.58. The van der Waals surface area contributed by atoms with Gasteiger partial charge in [0.1, 0.15) is 17.5 Å². The van der Waals surface area contributed by atoms with Crippen LogP contribution in [0.1, 0.15) is 67.2 Å². The standard InChI is InChI=1S/C23H31N3O3S2/c1-23(2)18(26-21(29)15-10-6-7-11-16(15)22(26)31-23)20(28)25-17(12-13-30-3)19(27)24-14-8-4-5-9-14/h6-7,10-11,14,17-18,22H,4-5,8-9,12-13H2,1-3H3,(H,24,27)(H,25,28)/t17-,18+,22-/m0/s1. The first kappa shape index (κ1) is 22.5. The molecule has 168 valence electrons. The zero-order chi connectivity index (χ0) is 22.2. The molecule has 3 amide bonds. The number of carbonyl (C=O) groups is 3. The molecule has 2 N–H and O–H groups in total. The molecule has 1 aromatic carbocycles. The SMILES string of the molecule is CSCC[C@H](NC(=O)[C@H]1N2C(=O)c3ccccc3[C@@H]2SC1(C)C)C(=O)NC1CCCC1. The summed E-state index contributed by atoms with van der Waals surface area (Å²) in [7, 11) is 0. The van der Waals surface area contributed by atoms with Gasteiger partial charge in [0.2, 0.25) is 11.8 Å². The Morgan fingerprint density at radius 1 is 1.26 bits per heavy atom. The topological polar surface area (TPSA) is 78.5 Å². The molecule has 1 aromatic rings. The third-order valence-electron chi connectivity index (χ3n) is 6.49. The lowest BCUT2D eigenvalue weighted by Gasteiger charge is -2.31. The highest BCUT2D eigenvalue weighted by Crippen LogP contribution is 2.56. The minimum atomic E-state index is -0.626. The van der Waals surface area contributed by atoms with Gasteiger partial charge in [-0.25, -0.2) is 0 Å². The van der Waals surface area contributed by atoms with Crippen molar-refractivity contribution in [2.24, 2.45) is 0 Å². The smallest absolute Gasteiger partial charge is 0.256 e. The zero-order valence-corrected chi connectivity index (χ0v) is 20.0. The highest BCUT2D eigenvalue weighted by molar-refractivity contribution is 8.01. The fraction of sp³-hybridized carbons (Fsp3) is 0.609. The van der Waals surface area contributed by atoms with Gasteiger partial charge in [0.25, 0.3) is 5.91 Å². The minimum absolute atomic E-state index is 0.102. The lowest BCUT2D eigenvalue weighted by atomic mass is 10.00. The van der Waals surface area contributed by atoms with Crippen molar-refractivity contribution < 1.29 is 14.4 Å². The van der Waals surface area contributed by atoms with Gasteiger partial charge in [-0.2, -0.15) is 11.8 Å². The number of nitrogens with one attached hydrogen (secondary N) is 2. The molecule has 31 heavy (non-hydrogen) atoms.